The molecule has 0 spiro atoms. The minimum Gasteiger partial charge on any atom is -0.495 e. The first-order chi connectivity index (χ1) is 15.5. The number of aliphatic hydroxyl groups is 1. The zero-order valence-corrected chi connectivity index (χ0v) is 18.6. The van der Waals surface area contributed by atoms with Crippen LogP contribution in [-0.4, -0.2) is 59.9 Å². The maximum atomic E-state index is 11.9. The molecule has 0 bridgehead atoms. The number of aliphatic hydroxyl groups excluding tert-OH is 1. The predicted molar refractivity (Wildman–Crippen MR) is 124 cm³/mol. The van der Waals surface area contributed by atoms with Crippen molar-refractivity contribution < 1.29 is 14.6 Å². The molecule has 1 unspecified atom stereocenters. The maximum absolute atomic E-state index is 11.9. The van der Waals surface area contributed by atoms with Gasteiger partial charge in [-0.3, -0.25) is 0 Å². The first-order valence-electron chi connectivity index (χ1n) is 10.5. The van der Waals surface area contributed by atoms with Crippen LogP contribution in [0.2, 0.25) is 5.02 Å². The Balaban J connectivity index is 1.53. The van der Waals surface area contributed by atoms with Gasteiger partial charge in [0.15, 0.2) is 0 Å². The number of nitrogens with zero attached hydrogens (tertiary/aromatic N) is 3. The zero-order chi connectivity index (χ0) is 22.7. The molecule has 1 saturated heterocycles. The molecule has 32 heavy (non-hydrogen) atoms. The number of nitrogens with two attached hydrogens (primary N) is 1. The summed E-state index contributed by atoms with van der Waals surface area (Å²) in [5.74, 6) is 0.513. The first-order valence-corrected chi connectivity index (χ1v) is 10.9. The van der Waals surface area contributed by atoms with Gasteiger partial charge in [0.05, 0.1) is 24.4 Å². The molecule has 9 nitrogen and oxygen atoms in total. The molecule has 1 aliphatic heterocycles. The second-order valence-corrected chi connectivity index (χ2v) is 8.11. The van der Waals surface area contributed by atoms with E-state index in [2.05, 4.69) is 15.5 Å². The Morgan fingerprint density at radius 3 is 3.00 bits per heavy atom. The molecule has 170 valence electrons. The van der Waals surface area contributed by atoms with E-state index in [0.29, 0.717) is 35.1 Å². The summed E-state index contributed by atoms with van der Waals surface area (Å²) in [5, 5.41) is 16.0. The predicted octanol–water partition coefficient (Wildman–Crippen LogP) is 1.99. The molecular weight excluding hydrogens is 432 g/mol. The molecule has 10 heteroatoms. The third-order valence-corrected chi connectivity index (χ3v) is 5.88. The summed E-state index contributed by atoms with van der Waals surface area (Å²) in [5.41, 5.74) is 9.41. The van der Waals surface area contributed by atoms with Crippen molar-refractivity contribution in [3.05, 3.63) is 47.2 Å². The van der Waals surface area contributed by atoms with Crippen molar-refractivity contribution in [2.24, 2.45) is 5.73 Å². The molecule has 3 heterocycles. The molecule has 0 radical (unpaired) electrons. The van der Waals surface area contributed by atoms with Gasteiger partial charge in [0.1, 0.15) is 11.4 Å². The van der Waals surface area contributed by atoms with Gasteiger partial charge in [-0.15, -0.1) is 0 Å². The van der Waals surface area contributed by atoms with Gasteiger partial charge >= 0.3 is 6.03 Å². The maximum Gasteiger partial charge on any atom is 0.315 e. The van der Waals surface area contributed by atoms with E-state index in [1.54, 1.807) is 19.2 Å². The number of benzene rings is 1. The first kappa shape index (κ1) is 22.2. The second-order valence-electron chi connectivity index (χ2n) is 7.70. The van der Waals surface area contributed by atoms with Crippen molar-refractivity contribution in [2.45, 2.75) is 19.1 Å². The molecular formula is C22H27ClN6O3. The number of ether oxygens (including phenoxy) is 1. The number of carbonyl (C=O) groups is 1. The quantitative estimate of drug-likeness (QED) is 0.430. The lowest BCUT2D eigenvalue weighted by Gasteiger charge is -2.19. The number of rotatable bonds is 7. The third kappa shape index (κ3) is 4.59. The highest BCUT2D eigenvalue weighted by Gasteiger charge is 2.24. The molecule has 0 aliphatic carbocycles. The van der Waals surface area contributed by atoms with E-state index in [1.165, 1.54) is 0 Å². The normalized spacial score (nSPS) is 15.9. The standard InChI is InChI=1S/C22H27ClN6O3/c1-32-20-8-14(13-30)17(10-18(20)23)19-12-29-7-3-16(9-21(29)27-19)28-6-2-15(11-28)26-22(31)25-5-4-24/h3,7-10,12,15,30H,2,4-6,11,13,24H2,1H3,(H2,25,26,31). The molecule has 4 rings (SSSR count). The Kier molecular flexibility index (Phi) is 6.69. The number of nitrogens with one attached hydrogen (secondary N) is 2. The monoisotopic (exact) mass is 458 g/mol. The van der Waals surface area contributed by atoms with Gasteiger partial charge in [-0.05, 0) is 30.2 Å². The minimum atomic E-state index is -0.187. The molecule has 0 saturated carbocycles. The van der Waals surface area contributed by atoms with E-state index in [4.69, 9.17) is 27.1 Å². The Bertz CT molecular complexity index is 1120. The summed E-state index contributed by atoms with van der Waals surface area (Å²) in [6.45, 7) is 2.29. The summed E-state index contributed by atoms with van der Waals surface area (Å²) >= 11 is 6.31. The lowest BCUT2D eigenvalue weighted by molar-refractivity contribution is 0.238. The van der Waals surface area contributed by atoms with E-state index in [0.717, 1.165) is 36.4 Å². The van der Waals surface area contributed by atoms with Crippen molar-refractivity contribution >= 4 is 29.0 Å². The van der Waals surface area contributed by atoms with Gasteiger partial charge in [-0.25, -0.2) is 9.78 Å². The highest BCUT2D eigenvalue weighted by molar-refractivity contribution is 6.32. The Labute approximate surface area is 191 Å². The lowest BCUT2D eigenvalue weighted by atomic mass is 10.1. The highest BCUT2D eigenvalue weighted by atomic mass is 35.5. The topological polar surface area (TPSA) is 117 Å². The number of imidazole rings is 1. The SMILES string of the molecule is COc1cc(CO)c(-c2cn3ccc(N4CCC(NC(=O)NCCN)C4)cc3n2)cc1Cl. The van der Waals surface area contributed by atoms with Gasteiger partial charge in [-0.2, -0.15) is 0 Å². The Hall–Kier alpha value is -3.01. The number of halogens is 1. The van der Waals surface area contributed by atoms with Gasteiger partial charge in [-0.1, -0.05) is 11.6 Å². The summed E-state index contributed by atoms with van der Waals surface area (Å²) < 4.78 is 7.19. The van der Waals surface area contributed by atoms with Gasteiger partial charge in [0.25, 0.3) is 0 Å². The molecule has 5 N–H and O–H groups in total. The Morgan fingerprint density at radius 2 is 2.25 bits per heavy atom. The van der Waals surface area contributed by atoms with Crippen LogP contribution in [0.25, 0.3) is 16.9 Å². The molecule has 1 aliphatic rings. The number of urea groups is 1. The van der Waals surface area contributed by atoms with Crippen molar-refractivity contribution in [3.8, 4) is 17.0 Å². The number of fused-ring (bicyclic) bond motifs is 1. The van der Waals surface area contributed by atoms with Crippen LogP contribution in [0.15, 0.2) is 36.7 Å². The van der Waals surface area contributed by atoms with Crippen LogP contribution in [0.4, 0.5) is 10.5 Å². The Morgan fingerprint density at radius 1 is 1.41 bits per heavy atom. The average Bonchev–Trinajstić information content (AvgIpc) is 3.43. The van der Waals surface area contributed by atoms with Crippen molar-refractivity contribution in [2.75, 3.05) is 38.2 Å². The van der Waals surface area contributed by atoms with Crippen LogP contribution < -0.4 is 26.0 Å². The summed E-state index contributed by atoms with van der Waals surface area (Å²) in [6.07, 6.45) is 4.73. The van der Waals surface area contributed by atoms with E-state index < -0.39 is 0 Å². The van der Waals surface area contributed by atoms with E-state index in [9.17, 15) is 9.90 Å². The van der Waals surface area contributed by atoms with Gasteiger partial charge in [0, 0.05) is 61.9 Å². The molecule has 1 atom stereocenters. The van der Waals surface area contributed by atoms with Crippen LogP contribution in [-0.2, 0) is 6.61 Å². The molecule has 2 aromatic heterocycles. The average molecular weight is 459 g/mol. The van der Waals surface area contributed by atoms with Crippen LogP contribution in [0.5, 0.6) is 5.75 Å². The number of anilines is 1. The summed E-state index contributed by atoms with van der Waals surface area (Å²) in [7, 11) is 1.54. The smallest absolute Gasteiger partial charge is 0.315 e. The molecule has 1 fully saturated rings. The fourth-order valence-corrected chi connectivity index (χ4v) is 4.19. The lowest BCUT2D eigenvalue weighted by Crippen LogP contribution is -2.44. The third-order valence-electron chi connectivity index (χ3n) is 5.59. The number of amides is 2. The van der Waals surface area contributed by atoms with Crippen LogP contribution in [0.3, 0.4) is 0 Å². The number of aromatic nitrogens is 2. The molecule has 1 aromatic carbocycles. The number of hydrogen-bond acceptors (Lipinski definition) is 6. The van der Waals surface area contributed by atoms with Crippen molar-refractivity contribution in [3.63, 3.8) is 0 Å². The van der Waals surface area contributed by atoms with E-state index in [1.807, 2.05) is 28.9 Å². The largest absolute Gasteiger partial charge is 0.495 e. The van der Waals surface area contributed by atoms with Crippen LogP contribution in [0, 0.1) is 0 Å². The van der Waals surface area contributed by atoms with Crippen LogP contribution in [0.1, 0.15) is 12.0 Å². The van der Waals surface area contributed by atoms with Crippen molar-refractivity contribution in [1.29, 1.82) is 0 Å². The fraction of sp³-hybridized carbons (Fsp3) is 0.364. The molecule has 3 aromatic rings. The van der Waals surface area contributed by atoms with Gasteiger partial charge in [0.2, 0.25) is 0 Å². The highest BCUT2D eigenvalue weighted by Crippen LogP contribution is 2.34. The van der Waals surface area contributed by atoms with E-state index >= 15 is 0 Å². The number of methoxy groups -OCH3 is 1. The van der Waals surface area contributed by atoms with Crippen molar-refractivity contribution in [1.82, 2.24) is 20.0 Å². The van der Waals surface area contributed by atoms with Crippen LogP contribution >= 0.6 is 11.6 Å². The zero-order valence-electron chi connectivity index (χ0n) is 17.8. The second kappa shape index (κ2) is 9.64. The number of hydrogen-bond donors (Lipinski definition) is 4. The fourth-order valence-electron chi connectivity index (χ4n) is 3.95. The van der Waals surface area contributed by atoms with E-state index in [-0.39, 0.29) is 18.7 Å². The summed E-state index contributed by atoms with van der Waals surface area (Å²) in [4.78, 5) is 18.9. The summed E-state index contributed by atoms with van der Waals surface area (Å²) in [6, 6.07) is 7.43. The number of pyridine rings is 1. The number of carbonyl (C=O) groups excluding carboxylic acids is 1. The van der Waals surface area contributed by atoms with Gasteiger partial charge < -0.3 is 35.5 Å². The molecule has 2 amide bonds. The minimum absolute atomic E-state index is 0.0767.